The van der Waals surface area contributed by atoms with Gasteiger partial charge < -0.3 is 15.2 Å². The van der Waals surface area contributed by atoms with E-state index in [9.17, 15) is 0 Å². The molecule has 0 saturated heterocycles. The van der Waals surface area contributed by atoms with Gasteiger partial charge in [-0.3, -0.25) is 0 Å². The van der Waals surface area contributed by atoms with E-state index in [4.69, 9.17) is 15.2 Å². The predicted molar refractivity (Wildman–Crippen MR) is 67.6 cm³/mol. The van der Waals surface area contributed by atoms with Crippen molar-refractivity contribution in [3.63, 3.8) is 0 Å². The highest BCUT2D eigenvalue weighted by atomic mass is 32.1. The number of ether oxygens (including phenoxy) is 2. The van der Waals surface area contributed by atoms with E-state index in [1.807, 2.05) is 19.1 Å². The molecule has 0 atom stereocenters. The number of rotatable bonds is 3. The summed E-state index contributed by atoms with van der Waals surface area (Å²) < 4.78 is 10.6. The minimum Gasteiger partial charge on any atom is -0.496 e. The first-order valence-electron chi connectivity index (χ1n) is 4.97. The average molecular weight is 251 g/mol. The Labute approximate surface area is 103 Å². The zero-order chi connectivity index (χ0) is 12.4. The van der Waals surface area contributed by atoms with Crippen LogP contribution in [0.5, 0.6) is 11.5 Å². The molecule has 2 aromatic rings. The Hall–Kier alpha value is -1.82. The van der Waals surface area contributed by atoms with Crippen molar-refractivity contribution in [1.29, 1.82) is 0 Å². The molecule has 0 amide bonds. The van der Waals surface area contributed by atoms with Gasteiger partial charge >= 0.3 is 0 Å². The Morgan fingerprint density at radius 1 is 1.12 bits per heavy atom. The molecule has 0 saturated carbocycles. The SMILES string of the molecule is COc1cc(-c2nnc(N)s2)cc(OC)c1C. The maximum absolute atomic E-state index is 5.57. The lowest BCUT2D eigenvalue weighted by Gasteiger charge is -2.11. The summed E-state index contributed by atoms with van der Waals surface area (Å²) in [6, 6.07) is 3.80. The van der Waals surface area contributed by atoms with Gasteiger partial charge in [0.15, 0.2) is 0 Å². The zero-order valence-corrected chi connectivity index (χ0v) is 10.7. The molecule has 0 bridgehead atoms. The fraction of sp³-hybridized carbons (Fsp3) is 0.273. The van der Waals surface area contributed by atoms with Crippen molar-refractivity contribution < 1.29 is 9.47 Å². The molecule has 90 valence electrons. The van der Waals surface area contributed by atoms with Gasteiger partial charge in [-0.05, 0) is 19.1 Å². The lowest BCUT2D eigenvalue weighted by Crippen LogP contribution is -1.93. The highest BCUT2D eigenvalue weighted by Crippen LogP contribution is 2.35. The minimum absolute atomic E-state index is 0.443. The second-order valence-corrected chi connectivity index (χ2v) is 4.46. The number of nitrogens with two attached hydrogens (primary N) is 1. The molecule has 0 fully saturated rings. The third-order valence-electron chi connectivity index (χ3n) is 2.44. The molecule has 0 unspecified atom stereocenters. The summed E-state index contributed by atoms with van der Waals surface area (Å²) in [6.45, 7) is 1.94. The van der Waals surface area contributed by atoms with E-state index in [0.29, 0.717) is 5.13 Å². The smallest absolute Gasteiger partial charge is 0.203 e. The molecule has 0 aliphatic carbocycles. The third kappa shape index (κ3) is 2.16. The Kier molecular flexibility index (Phi) is 3.14. The number of nitrogen functional groups attached to an aromatic ring is 1. The maximum atomic E-state index is 5.57. The van der Waals surface area contributed by atoms with Crippen molar-refractivity contribution in [2.24, 2.45) is 0 Å². The Morgan fingerprint density at radius 3 is 2.12 bits per heavy atom. The van der Waals surface area contributed by atoms with Gasteiger partial charge in [0.1, 0.15) is 16.5 Å². The molecule has 1 aromatic carbocycles. The molecule has 17 heavy (non-hydrogen) atoms. The van der Waals surface area contributed by atoms with Crippen LogP contribution < -0.4 is 15.2 Å². The zero-order valence-electron chi connectivity index (χ0n) is 9.85. The van der Waals surface area contributed by atoms with E-state index >= 15 is 0 Å². The Bertz CT molecular complexity index is 514. The van der Waals surface area contributed by atoms with E-state index in [-0.39, 0.29) is 0 Å². The number of nitrogens with zero attached hydrogens (tertiary/aromatic N) is 2. The normalized spacial score (nSPS) is 10.3. The molecule has 1 heterocycles. The maximum Gasteiger partial charge on any atom is 0.203 e. The van der Waals surface area contributed by atoms with Crippen LogP contribution in [0.25, 0.3) is 10.6 Å². The van der Waals surface area contributed by atoms with Crippen molar-refractivity contribution in [3.8, 4) is 22.1 Å². The summed E-state index contributed by atoms with van der Waals surface area (Å²) in [6.07, 6.45) is 0. The molecule has 0 radical (unpaired) electrons. The minimum atomic E-state index is 0.443. The standard InChI is InChI=1S/C11H13N3O2S/c1-6-8(15-2)4-7(5-9(6)16-3)10-13-14-11(12)17-10/h4-5H,1-3H3,(H2,12,14). The quantitative estimate of drug-likeness (QED) is 0.904. The van der Waals surface area contributed by atoms with Crippen molar-refractivity contribution in [1.82, 2.24) is 10.2 Å². The van der Waals surface area contributed by atoms with Crippen LogP contribution in [-0.2, 0) is 0 Å². The van der Waals surface area contributed by atoms with Crippen LogP contribution >= 0.6 is 11.3 Å². The van der Waals surface area contributed by atoms with Gasteiger partial charge in [0.25, 0.3) is 0 Å². The topological polar surface area (TPSA) is 70.3 Å². The molecule has 0 aliphatic heterocycles. The fourth-order valence-electron chi connectivity index (χ4n) is 1.56. The summed E-state index contributed by atoms with van der Waals surface area (Å²) in [5.74, 6) is 1.52. The summed E-state index contributed by atoms with van der Waals surface area (Å²) in [5.41, 5.74) is 7.41. The Balaban J connectivity index is 2.55. The predicted octanol–water partition coefficient (Wildman–Crippen LogP) is 2.11. The highest BCUT2D eigenvalue weighted by molar-refractivity contribution is 7.18. The van der Waals surface area contributed by atoms with Gasteiger partial charge in [0.2, 0.25) is 5.13 Å². The van der Waals surface area contributed by atoms with Gasteiger partial charge in [-0.1, -0.05) is 11.3 Å². The molecule has 2 rings (SSSR count). The van der Waals surface area contributed by atoms with Gasteiger partial charge in [0, 0.05) is 11.1 Å². The van der Waals surface area contributed by atoms with Crippen LogP contribution in [-0.4, -0.2) is 24.4 Å². The summed E-state index contributed by atoms with van der Waals surface area (Å²) >= 11 is 1.33. The number of hydrogen-bond donors (Lipinski definition) is 1. The highest BCUT2D eigenvalue weighted by Gasteiger charge is 2.12. The summed E-state index contributed by atoms with van der Waals surface area (Å²) in [5, 5.41) is 8.98. The number of anilines is 1. The van der Waals surface area contributed by atoms with E-state index < -0.39 is 0 Å². The van der Waals surface area contributed by atoms with E-state index in [0.717, 1.165) is 27.6 Å². The van der Waals surface area contributed by atoms with Crippen LogP contribution in [0.15, 0.2) is 12.1 Å². The van der Waals surface area contributed by atoms with Crippen LogP contribution in [0.3, 0.4) is 0 Å². The average Bonchev–Trinajstić information content (AvgIpc) is 2.76. The van der Waals surface area contributed by atoms with Gasteiger partial charge in [-0.2, -0.15) is 0 Å². The molecule has 0 aliphatic rings. The molecule has 6 heteroatoms. The second-order valence-electron chi connectivity index (χ2n) is 3.45. The van der Waals surface area contributed by atoms with E-state index in [1.54, 1.807) is 14.2 Å². The second kappa shape index (κ2) is 4.58. The Morgan fingerprint density at radius 2 is 1.71 bits per heavy atom. The first-order valence-corrected chi connectivity index (χ1v) is 5.79. The van der Waals surface area contributed by atoms with Gasteiger partial charge in [-0.25, -0.2) is 0 Å². The van der Waals surface area contributed by atoms with Crippen molar-refractivity contribution in [2.45, 2.75) is 6.92 Å². The monoisotopic (exact) mass is 251 g/mol. The molecule has 5 nitrogen and oxygen atoms in total. The largest absolute Gasteiger partial charge is 0.496 e. The lowest BCUT2D eigenvalue weighted by atomic mass is 10.1. The number of aromatic nitrogens is 2. The first kappa shape index (κ1) is 11.7. The summed E-state index contributed by atoms with van der Waals surface area (Å²) in [7, 11) is 3.25. The molecule has 0 spiro atoms. The van der Waals surface area contributed by atoms with Crippen LogP contribution in [0.2, 0.25) is 0 Å². The third-order valence-corrected chi connectivity index (χ3v) is 3.24. The fourth-order valence-corrected chi connectivity index (χ4v) is 2.16. The van der Waals surface area contributed by atoms with Crippen LogP contribution in [0, 0.1) is 6.92 Å². The molecule has 1 aromatic heterocycles. The van der Waals surface area contributed by atoms with Crippen molar-refractivity contribution in [2.75, 3.05) is 20.0 Å². The van der Waals surface area contributed by atoms with Gasteiger partial charge in [-0.15, -0.1) is 10.2 Å². The number of hydrogen-bond acceptors (Lipinski definition) is 6. The first-order chi connectivity index (χ1) is 8.15. The van der Waals surface area contributed by atoms with E-state index in [1.165, 1.54) is 11.3 Å². The molecular formula is C11H13N3O2S. The van der Waals surface area contributed by atoms with Crippen LogP contribution in [0.4, 0.5) is 5.13 Å². The van der Waals surface area contributed by atoms with Crippen LogP contribution in [0.1, 0.15) is 5.56 Å². The molecule has 2 N–H and O–H groups in total. The number of methoxy groups -OCH3 is 2. The van der Waals surface area contributed by atoms with Crippen molar-refractivity contribution in [3.05, 3.63) is 17.7 Å². The molecular weight excluding hydrogens is 238 g/mol. The lowest BCUT2D eigenvalue weighted by molar-refractivity contribution is 0.389. The van der Waals surface area contributed by atoms with E-state index in [2.05, 4.69) is 10.2 Å². The number of benzene rings is 1. The summed E-state index contributed by atoms with van der Waals surface area (Å²) in [4.78, 5) is 0. The van der Waals surface area contributed by atoms with Crippen molar-refractivity contribution >= 4 is 16.5 Å². The van der Waals surface area contributed by atoms with Gasteiger partial charge in [0.05, 0.1) is 14.2 Å².